The van der Waals surface area contributed by atoms with E-state index in [2.05, 4.69) is 5.32 Å². The van der Waals surface area contributed by atoms with Gasteiger partial charge < -0.3 is 32.3 Å². The Kier molecular flexibility index (Phi) is 6.97. The largest absolute Gasteiger partial charge is 0.397 e. The van der Waals surface area contributed by atoms with Gasteiger partial charge in [-0.3, -0.25) is 15.6 Å². The van der Waals surface area contributed by atoms with Gasteiger partial charge in [0, 0.05) is 36.8 Å². The van der Waals surface area contributed by atoms with Gasteiger partial charge in [0.25, 0.3) is 5.91 Å². The number of anilines is 2. The molecule has 1 amide bonds. The topological polar surface area (TPSA) is 161 Å². The minimum atomic E-state index is -0.299. The fourth-order valence-electron chi connectivity index (χ4n) is 4.27. The van der Waals surface area contributed by atoms with Crippen LogP contribution >= 0.6 is 11.6 Å². The first-order valence-corrected chi connectivity index (χ1v) is 11.7. The Morgan fingerprint density at radius 1 is 0.914 bits per heavy atom. The number of hydrogen-bond donors (Lipinski definition) is 6. The quantitative estimate of drug-likeness (QED) is 0.218. The number of guanidine groups is 2. The molecule has 4 rings (SSSR count). The number of nitrogens with two attached hydrogens (primary N) is 3. The summed E-state index contributed by atoms with van der Waals surface area (Å²) in [6.07, 6.45) is 5.53. The third-order valence-corrected chi connectivity index (χ3v) is 6.66. The second kappa shape index (κ2) is 10.1. The lowest BCUT2D eigenvalue weighted by Gasteiger charge is -2.27. The predicted octanol–water partition coefficient (Wildman–Crippen LogP) is 3.14. The van der Waals surface area contributed by atoms with Crippen molar-refractivity contribution in [1.29, 1.82) is 10.8 Å². The van der Waals surface area contributed by atoms with E-state index in [1.54, 1.807) is 28.0 Å². The van der Waals surface area contributed by atoms with E-state index >= 15 is 0 Å². The predicted molar refractivity (Wildman–Crippen MR) is 142 cm³/mol. The van der Waals surface area contributed by atoms with E-state index in [1.165, 1.54) is 0 Å². The molecule has 10 heteroatoms. The number of carbonyl (C=O) groups excluding carboxylic acids is 1. The van der Waals surface area contributed by atoms with Gasteiger partial charge in [-0.25, -0.2) is 0 Å². The summed E-state index contributed by atoms with van der Waals surface area (Å²) < 4.78 is 0. The van der Waals surface area contributed by atoms with Gasteiger partial charge in [-0.05, 0) is 59.4 Å². The lowest BCUT2D eigenvalue weighted by Crippen LogP contribution is -2.39. The fourth-order valence-corrected chi connectivity index (χ4v) is 4.57. The van der Waals surface area contributed by atoms with Crippen molar-refractivity contribution < 1.29 is 4.79 Å². The number of benzene rings is 2. The summed E-state index contributed by atoms with van der Waals surface area (Å²) in [6, 6.07) is 10.8. The average Bonchev–Trinajstić information content (AvgIpc) is 2.85. The summed E-state index contributed by atoms with van der Waals surface area (Å²) in [5.74, 6) is -0.172. The van der Waals surface area contributed by atoms with Crippen molar-refractivity contribution >= 4 is 51.9 Å². The monoisotopic (exact) mass is 492 g/mol. The molecule has 0 radical (unpaired) electrons. The molecule has 2 heterocycles. The van der Waals surface area contributed by atoms with Gasteiger partial charge in [-0.1, -0.05) is 35.9 Å². The van der Waals surface area contributed by atoms with Crippen LogP contribution in [0.25, 0.3) is 11.1 Å². The SMILES string of the molecule is N=C(N)N1CC=C(c2ccc(NC(=O)c3ccc(C4=CCN(C(=N)N)CC4)c(Cl)c3)c(N)c2)CC1. The van der Waals surface area contributed by atoms with E-state index in [0.717, 1.165) is 35.1 Å². The maximum absolute atomic E-state index is 12.9. The highest BCUT2D eigenvalue weighted by atomic mass is 35.5. The number of amides is 1. The molecule has 182 valence electrons. The van der Waals surface area contributed by atoms with Gasteiger partial charge in [0.15, 0.2) is 11.9 Å². The molecule has 0 atom stereocenters. The molecule has 0 saturated carbocycles. The summed E-state index contributed by atoms with van der Waals surface area (Å²) in [6.45, 7) is 2.49. The van der Waals surface area contributed by atoms with E-state index in [4.69, 9.17) is 39.6 Å². The van der Waals surface area contributed by atoms with E-state index in [0.29, 0.717) is 48.1 Å². The molecule has 0 aliphatic carbocycles. The van der Waals surface area contributed by atoms with Gasteiger partial charge in [0.05, 0.1) is 11.4 Å². The second-order valence-corrected chi connectivity index (χ2v) is 8.98. The van der Waals surface area contributed by atoms with E-state index in [1.807, 2.05) is 30.4 Å². The Morgan fingerprint density at radius 3 is 2.06 bits per heavy atom. The van der Waals surface area contributed by atoms with Crippen LogP contribution in [-0.4, -0.2) is 53.8 Å². The molecule has 0 bridgehead atoms. The Morgan fingerprint density at radius 2 is 1.54 bits per heavy atom. The number of carbonyl (C=O) groups is 1. The first-order valence-electron chi connectivity index (χ1n) is 11.3. The van der Waals surface area contributed by atoms with Crippen molar-refractivity contribution in [2.24, 2.45) is 11.5 Å². The minimum Gasteiger partial charge on any atom is -0.397 e. The number of nitrogens with one attached hydrogen (secondary N) is 3. The van der Waals surface area contributed by atoms with Crippen LogP contribution in [0.2, 0.25) is 5.02 Å². The number of halogens is 1. The maximum Gasteiger partial charge on any atom is 0.255 e. The van der Waals surface area contributed by atoms with E-state index in [-0.39, 0.29) is 17.8 Å². The zero-order chi connectivity index (χ0) is 25.1. The maximum atomic E-state index is 12.9. The molecule has 0 unspecified atom stereocenters. The summed E-state index contributed by atoms with van der Waals surface area (Å²) in [5, 5.41) is 18.5. The first-order chi connectivity index (χ1) is 16.7. The molecule has 9 nitrogen and oxygen atoms in total. The molecule has 0 saturated heterocycles. The normalized spacial score (nSPS) is 15.8. The van der Waals surface area contributed by atoms with Crippen molar-refractivity contribution in [2.45, 2.75) is 12.8 Å². The van der Waals surface area contributed by atoms with Crippen LogP contribution in [0.5, 0.6) is 0 Å². The Labute approximate surface area is 209 Å². The third-order valence-electron chi connectivity index (χ3n) is 6.35. The highest BCUT2D eigenvalue weighted by molar-refractivity contribution is 6.33. The zero-order valence-corrected chi connectivity index (χ0v) is 20.0. The van der Waals surface area contributed by atoms with Crippen molar-refractivity contribution in [3.63, 3.8) is 0 Å². The Hall–Kier alpha value is -3.98. The summed E-state index contributed by atoms with van der Waals surface area (Å²) in [4.78, 5) is 16.5. The molecule has 0 spiro atoms. The minimum absolute atomic E-state index is 0.0563. The van der Waals surface area contributed by atoms with Crippen LogP contribution in [0.15, 0.2) is 48.6 Å². The Bertz CT molecular complexity index is 1250. The number of hydrogen-bond acceptors (Lipinski definition) is 4. The molecule has 35 heavy (non-hydrogen) atoms. The number of rotatable bonds is 4. The zero-order valence-electron chi connectivity index (χ0n) is 19.3. The van der Waals surface area contributed by atoms with Crippen LogP contribution in [-0.2, 0) is 0 Å². The second-order valence-electron chi connectivity index (χ2n) is 8.57. The molecule has 9 N–H and O–H groups in total. The molecule has 2 aromatic carbocycles. The fraction of sp³-hybridized carbons (Fsp3) is 0.240. The van der Waals surface area contributed by atoms with Crippen molar-refractivity contribution in [2.75, 3.05) is 37.2 Å². The summed E-state index contributed by atoms with van der Waals surface area (Å²) >= 11 is 6.52. The van der Waals surface area contributed by atoms with Crippen LogP contribution in [0.4, 0.5) is 11.4 Å². The van der Waals surface area contributed by atoms with Gasteiger partial charge in [0.1, 0.15) is 0 Å². The van der Waals surface area contributed by atoms with Gasteiger partial charge in [-0.2, -0.15) is 0 Å². The molecular formula is C25H29ClN8O. The standard InChI is InChI=1S/C25H29ClN8O/c26-20-13-18(1-3-19(20)16-7-11-34(12-8-16)25(30)31)23(35)32-22-4-2-17(14-21(22)27)15-5-9-33(10-6-15)24(28)29/h1-5,7,13-14H,6,8-12,27H2,(H3,28,29)(H3,30,31)(H,32,35). The summed E-state index contributed by atoms with van der Waals surface area (Å²) in [5.41, 5.74) is 22.9. The highest BCUT2D eigenvalue weighted by Gasteiger charge is 2.18. The molecule has 0 fully saturated rings. The van der Waals surface area contributed by atoms with Crippen molar-refractivity contribution in [1.82, 2.24) is 9.80 Å². The van der Waals surface area contributed by atoms with Gasteiger partial charge in [-0.15, -0.1) is 0 Å². The van der Waals surface area contributed by atoms with E-state index in [9.17, 15) is 4.79 Å². The average molecular weight is 493 g/mol. The van der Waals surface area contributed by atoms with Crippen molar-refractivity contribution in [3.05, 3.63) is 70.3 Å². The van der Waals surface area contributed by atoms with Crippen LogP contribution in [0.1, 0.15) is 34.3 Å². The highest BCUT2D eigenvalue weighted by Crippen LogP contribution is 2.31. The van der Waals surface area contributed by atoms with Crippen LogP contribution in [0.3, 0.4) is 0 Å². The molecular weight excluding hydrogens is 464 g/mol. The smallest absolute Gasteiger partial charge is 0.255 e. The first kappa shape index (κ1) is 24.2. The third kappa shape index (κ3) is 5.41. The number of nitrogens with zero attached hydrogens (tertiary/aromatic N) is 2. The van der Waals surface area contributed by atoms with Crippen LogP contribution in [0, 0.1) is 10.8 Å². The molecule has 0 aromatic heterocycles. The summed E-state index contributed by atoms with van der Waals surface area (Å²) in [7, 11) is 0. The van der Waals surface area contributed by atoms with E-state index < -0.39 is 0 Å². The lowest BCUT2D eigenvalue weighted by atomic mass is 9.98. The number of nitrogen functional groups attached to an aromatic ring is 1. The van der Waals surface area contributed by atoms with Gasteiger partial charge in [0.2, 0.25) is 0 Å². The van der Waals surface area contributed by atoms with Gasteiger partial charge >= 0.3 is 0 Å². The van der Waals surface area contributed by atoms with Crippen molar-refractivity contribution in [3.8, 4) is 0 Å². The van der Waals surface area contributed by atoms with Crippen LogP contribution < -0.4 is 22.5 Å². The molecule has 2 aromatic rings. The molecule has 2 aliphatic rings. The molecule has 2 aliphatic heterocycles. The Balaban J connectivity index is 1.44. The lowest BCUT2D eigenvalue weighted by molar-refractivity contribution is 0.102.